The fourth-order valence-corrected chi connectivity index (χ4v) is 1.83. The molecule has 0 atom stereocenters. The molecular weight excluding hydrogens is 190 g/mol. The third-order valence-corrected chi connectivity index (χ3v) is 2.53. The number of aryl methyl sites for hydroxylation is 1. The number of nitrogens with zero attached hydrogens (tertiary/aromatic N) is 1. The van der Waals surface area contributed by atoms with Crippen LogP contribution in [0.25, 0.3) is 0 Å². The van der Waals surface area contributed by atoms with Gasteiger partial charge < -0.3 is 4.74 Å². The highest BCUT2D eigenvalue weighted by Crippen LogP contribution is 2.25. The minimum atomic E-state index is 0.0483. The Bertz CT molecular complexity index is 432. The molecule has 0 unspecified atom stereocenters. The number of nitriles is 1. The van der Waals surface area contributed by atoms with Gasteiger partial charge in [0.25, 0.3) is 0 Å². The molecule has 0 saturated heterocycles. The van der Waals surface area contributed by atoms with Crippen molar-refractivity contribution in [3.8, 4) is 11.8 Å². The Hall–Kier alpha value is -1.82. The number of hydrogen-bond acceptors (Lipinski definition) is 3. The van der Waals surface area contributed by atoms with Crippen LogP contribution in [0.5, 0.6) is 5.75 Å². The SMILES string of the molecule is N#CCOc1ccc2c(c1)CCCC2=O. The van der Waals surface area contributed by atoms with Gasteiger partial charge in [-0.2, -0.15) is 5.26 Å². The van der Waals surface area contributed by atoms with Gasteiger partial charge in [0, 0.05) is 12.0 Å². The fourth-order valence-electron chi connectivity index (χ4n) is 1.83. The van der Waals surface area contributed by atoms with E-state index in [9.17, 15) is 4.79 Å². The van der Waals surface area contributed by atoms with Crippen molar-refractivity contribution in [3.05, 3.63) is 29.3 Å². The largest absolute Gasteiger partial charge is 0.479 e. The Balaban J connectivity index is 2.26. The molecule has 0 amide bonds. The Morgan fingerprint density at radius 3 is 3.07 bits per heavy atom. The maximum Gasteiger partial charge on any atom is 0.174 e. The Morgan fingerprint density at radius 2 is 2.27 bits per heavy atom. The molecule has 0 aromatic heterocycles. The highest BCUT2D eigenvalue weighted by molar-refractivity contribution is 5.98. The van der Waals surface area contributed by atoms with Crippen molar-refractivity contribution in [2.24, 2.45) is 0 Å². The average molecular weight is 201 g/mol. The number of carbonyl (C=O) groups excluding carboxylic acids is 1. The number of hydrogen-bond donors (Lipinski definition) is 0. The van der Waals surface area contributed by atoms with Crippen LogP contribution in [0.4, 0.5) is 0 Å². The standard InChI is InChI=1S/C12H11NO2/c13-6-7-15-10-4-5-11-9(8-10)2-1-3-12(11)14/h4-5,8H,1-3,7H2. The number of Topliss-reactive ketones (excluding diaryl/α,β-unsaturated/α-hetero) is 1. The molecule has 0 bridgehead atoms. The first kappa shape index (κ1) is 9.72. The van der Waals surface area contributed by atoms with E-state index in [0.29, 0.717) is 12.2 Å². The van der Waals surface area contributed by atoms with Crippen molar-refractivity contribution in [1.29, 1.82) is 5.26 Å². The molecule has 1 aliphatic carbocycles. The summed E-state index contributed by atoms with van der Waals surface area (Å²) in [6.45, 7) is 0.0483. The molecule has 0 fully saturated rings. The van der Waals surface area contributed by atoms with Gasteiger partial charge in [-0.3, -0.25) is 4.79 Å². The van der Waals surface area contributed by atoms with Gasteiger partial charge >= 0.3 is 0 Å². The minimum absolute atomic E-state index is 0.0483. The van der Waals surface area contributed by atoms with Crippen LogP contribution in [0, 0.1) is 11.3 Å². The number of ketones is 1. The summed E-state index contributed by atoms with van der Waals surface area (Å²) in [7, 11) is 0. The zero-order valence-corrected chi connectivity index (χ0v) is 8.32. The molecule has 2 rings (SSSR count). The maximum atomic E-state index is 11.5. The van der Waals surface area contributed by atoms with Gasteiger partial charge in [0.2, 0.25) is 0 Å². The van der Waals surface area contributed by atoms with Crippen LogP contribution in [0.1, 0.15) is 28.8 Å². The third-order valence-electron chi connectivity index (χ3n) is 2.53. The first-order valence-electron chi connectivity index (χ1n) is 4.97. The van der Waals surface area contributed by atoms with Gasteiger partial charge in [-0.25, -0.2) is 0 Å². The van der Waals surface area contributed by atoms with Crippen molar-refractivity contribution in [2.75, 3.05) is 6.61 Å². The van der Waals surface area contributed by atoms with Crippen molar-refractivity contribution >= 4 is 5.78 Å². The van der Waals surface area contributed by atoms with E-state index >= 15 is 0 Å². The summed E-state index contributed by atoms with van der Waals surface area (Å²) in [5.41, 5.74) is 1.85. The van der Waals surface area contributed by atoms with Gasteiger partial charge in [0.1, 0.15) is 11.8 Å². The second kappa shape index (κ2) is 4.14. The number of carbonyl (C=O) groups is 1. The van der Waals surface area contributed by atoms with Crippen molar-refractivity contribution in [3.63, 3.8) is 0 Å². The molecule has 3 nitrogen and oxygen atoms in total. The minimum Gasteiger partial charge on any atom is -0.479 e. The van der Waals surface area contributed by atoms with Crippen LogP contribution in [0.3, 0.4) is 0 Å². The Morgan fingerprint density at radius 1 is 1.40 bits per heavy atom. The summed E-state index contributed by atoms with van der Waals surface area (Å²) in [4.78, 5) is 11.5. The van der Waals surface area contributed by atoms with E-state index in [1.54, 1.807) is 12.1 Å². The molecule has 1 aliphatic rings. The molecule has 0 heterocycles. The predicted octanol–water partition coefficient (Wildman–Crippen LogP) is 2.11. The highest BCUT2D eigenvalue weighted by Gasteiger charge is 2.17. The number of ether oxygens (including phenoxy) is 1. The lowest BCUT2D eigenvalue weighted by Gasteiger charge is -2.15. The van der Waals surface area contributed by atoms with Gasteiger partial charge in [-0.15, -0.1) is 0 Å². The first-order chi connectivity index (χ1) is 7.31. The molecule has 0 saturated carbocycles. The van der Waals surface area contributed by atoms with Gasteiger partial charge in [-0.05, 0) is 36.6 Å². The lowest BCUT2D eigenvalue weighted by molar-refractivity contribution is 0.0972. The molecule has 76 valence electrons. The summed E-state index contributed by atoms with van der Waals surface area (Å²) in [5.74, 6) is 0.882. The summed E-state index contributed by atoms with van der Waals surface area (Å²) in [5, 5.41) is 8.38. The van der Waals surface area contributed by atoms with E-state index < -0.39 is 0 Å². The van der Waals surface area contributed by atoms with E-state index in [2.05, 4.69) is 0 Å². The smallest absolute Gasteiger partial charge is 0.174 e. The third kappa shape index (κ3) is 1.99. The molecule has 0 spiro atoms. The zero-order valence-electron chi connectivity index (χ0n) is 8.32. The molecular formula is C12H11NO2. The second-order valence-corrected chi connectivity index (χ2v) is 3.54. The van der Waals surface area contributed by atoms with E-state index in [0.717, 1.165) is 24.0 Å². The van der Waals surface area contributed by atoms with Crippen LogP contribution in [0.15, 0.2) is 18.2 Å². The first-order valence-corrected chi connectivity index (χ1v) is 4.97. The quantitative estimate of drug-likeness (QED) is 0.736. The number of rotatable bonds is 2. The maximum absolute atomic E-state index is 11.5. The number of benzene rings is 1. The fraction of sp³-hybridized carbons (Fsp3) is 0.333. The normalized spacial score (nSPS) is 14.2. The summed E-state index contributed by atoms with van der Waals surface area (Å²) < 4.78 is 5.18. The van der Waals surface area contributed by atoms with Crippen LogP contribution >= 0.6 is 0 Å². The number of fused-ring (bicyclic) bond motifs is 1. The lowest BCUT2D eigenvalue weighted by Crippen LogP contribution is -2.10. The predicted molar refractivity (Wildman–Crippen MR) is 54.8 cm³/mol. The molecule has 1 aromatic carbocycles. The van der Waals surface area contributed by atoms with Crippen LogP contribution in [-0.2, 0) is 6.42 Å². The monoisotopic (exact) mass is 201 g/mol. The molecule has 0 N–H and O–H groups in total. The summed E-state index contributed by atoms with van der Waals surface area (Å²) >= 11 is 0. The van der Waals surface area contributed by atoms with E-state index in [1.807, 2.05) is 12.1 Å². The summed E-state index contributed by atoms with van der Waals surface area (Å²) in [6, 6.07) is 7.33. The second-order valence-electron chi connectivity index (χ2n) is 3.54. The van der Waals surface area contributed by atoms with Crippen LogP contribution < -0.4 is 4.74 Å². The van der Waals surface area contributed by atoms with Crippen LogP contribution in [0.2, 0.25) is 0 Å². The van der Waals surface area contributed by atoms with Crippen molar-refractivity contribution < 1.29 is 9.53 Å². The van der Waals surface area contributed by atoms with Gasteiger partial charge in [0.15, 0.2) is 12.4 Å². The zero-order chi connectivity index (χ0) is 10.7. The lowest BCUT2D eigenvalue weighted by atomic mass is 9.91. The van der Waals surface area contributed by atoms with Crippen LogP contribution in [-0.4, -0.2) is 12.4 Å². The molecule has 3 heteroatoms. The van der Waals surface area contributed by atoms with E-state index in [-0.39, 0.29) is 12.4 Å². The topological polar surface area (TPSA) is 50.1 Å². The average Bonchev–Trinajstić information content (AvgIpc) is 2.26. The van der Waals surface area contributed by atoms with Gasteiger partial charge in [-0.1, -0.05) is 0 Å². The van der Waals surface area contributed by atoms with Crippen molar-refractivity contribution in [2.45, 2.75) is 19.3 Å². The highest BCUT2D eigenvalue weighted by atomic mass is 16.5. The van der Waals surface area contributed by atoms with Crippen molar-refractivity contribution in [1.82, 2.24) is 0 Å². The summed E-state index contributed by atoms with van der Waals surface area (Å²) in [6.07, 6.45) is 2.48. The molecule has 0 aliphatic heterocycles. The van der Waals surface area contributed by atoms with Gasteiger partial charge in [0.05, 0.1) is 0 Å². The van der Waals surface area contributed by atoms with E-state index in [4.69, 9.17) is 10.00 Å². The Kier molecular flexibility index (Phi) is 2.68. The van der Waals surface area contributed by atoms with E-state index in [1.165, 1.54) is 0 Å². The Labute approximate surface area is 88.3 Å². The molecule has 15 heavy (non-hydrogen) atoms. The molecule has 1 aromatic rings. The molecule has 0 radical (unpaired) electrons.